The van der Waals surface area contributed by atoms with Crippen LogP contribution in [0.15, 0.2) is 59.0 Å². The molecular formula is C20H15ClO6. The second-order valence-corrected chi connectivity index (χ2v) is 6.16. The maximum atomic E-state index is 12.2. The Kier molecular flexibility index (Phi) is 4.89. The van der Waals surface area contributed by atoms with Crippen molar-refractivity contribution in [1.82, 2.24) is 0 Å². The molecule has 6 nitrogen and oxygen atoms in total. The minimum atomic E-state index is -0.574. The predicted octanol–water partition coefficient (Wildman–Crippen LogP) is 4.60. The zero-order valence-corrected chi connectivity index (χ0v) is 14.9. The number of para-hydroxylation sites is 1. The van der Waals surface area contributed by atoms with Gasteiger partial charge in [0.25, 0.3) is 0 Å². The fraction of sp³-hybridized carbons (Fsp3) is 0.150. The van der Waals surface area contributed by atoms with E-state index in [4.69, 9.17) is 35.0 Å². The quantitative estimate of drug-likeness (QED) is 0.577. The average Bonchev–Trinajstić information content (AvgIpc) is 3.35. The number of carbonyl (C=O) groups is 1. The third kappa shape index (κ3) is 4.01. The van der Waals surface area contributed by atoms with Gasteiger partial charge in [0.05, 0.1) is 5.02 Å². The van der Waals surface area contributed by atoms with Gasteiger partial charge in [0.1, 0.15) is 24.7 Å². The molecule has 0 spiro atoms. The zero-order chi connectivity index (χ0) is 18.6. The van der Waals surface area contributed by atoms with Crippen LogP contribution < -0.4 is 14.2 Å². The van der Waals surface area contributed by atoms with Gasteiger partial charge in [-0.2, -0.15) is 0 Å². The van der Waals surface area contributed by atoms with E-state index >= 15 is 0 Å². The number of hydrogen-bond acceptors (Lipinski definition) is 6. The van der Waals surface area contributed by atoms with Crippen molar-refractivity contribution < 1.29 is 28.2 Å². The van der Waals surface area contributed by atoms with Crippen LogP contribution in [0.5, 0.6) is 17.2 Å². The molecule has 2 heterocycles. The summed E-state index contributed by atoms with van der Waals surface area (Å²) < 4.78 is 26.9. The monoisotopic (exact) mass is 386 g/mol. The minimum absolute atomic E-state index is 0.0335. The number of ether oxygens (including phenoxy) is 4. The number of rotatable bonds is 6. The summed E-state index contributed by atoms with van der Waals surface area (Å²) >= 11 is 6.12. The topological polar surface area (TPSA) is 67.1 Å². The molecule has 0 bridgehead atoms. The molecule has 27 heavy (non-hydrogen) atoms. The van der Waals surface area contributed by atoms with E-state index < -0.39 is 5.97 Å². The molecule has 1 aliphatic heterocycles. The summed E-state index contributed by atoms with van der Waals surface area (Å²) in [5.74, 6) is 1.81. The third-order valence-corrected chi connectivity index (χ3v) is 4.12. The molecule has 0 saturated heterocycles. The number of fused-ring (bicyclic) bond motifs is 1. The predicted molar refractivity (Wildman–Crippen MR) is 96.2 cm³/mol. The van der Waals surface area contributed by atoms with Gasteiger partial charge in [0.2, 0.25) is 12.6 Å². The summed E-state index contributed by atoms with van der Waals surface area (Å²) in [5, 5.41) is 0.411. The van der Waals surface area contributed by atoms with E-state index in [0.29, 0.717) is 27.8 Å². The van der Waals surface area contributed by atoms with Gasteiger partial charge in [-0.3, -0.25) is 0 Å². The smallest absolute Gasteiger partial charge is 0.374 e. The summed E-state index contributed by atoms with van der Waals surface area (Å²) in [6, 6.07) is 16.0. The Bertz CT molecular complexity index is 950. The first-order valence-electron chi connectivity index (χ1n) is 8.21. The molecule has 2 aromatic carbocycles. The summed E-state index contributed by atoms with van der Waals surface area (Å²) in [4.78, 5) is 12.2. The van der Waals surface area contributed by atoms with Crippen molar-refractivity contribution in [1.29, 1.82) is 0 Å². The highest BCUT2D eigenvalue weighted by Gasteiger charge is 2.19. The SMILES string of the molecule is O=C(OCc1cc(Cl)c2c(c1)OCO2)c1ccc(COc2ccccc2)o1. The van der Waals surface area contributed by atoms with Crippen molar-refractivity contribution in [3.63, 3.8) is 0 Å². The fourth-order valence-electron chi connectivity index (χ4n) is 2.56. The van der Waals surface area contributed by atoms with Gasteiger partial charge in [-0.25, -0.2) is 4.79 Å². The van der Waals surface area contributed by atoms with Crippen molar-refractivity contribution in [2.45, 2.75) is 13.2 Å². The number of hydrogen-bond donors (Lipinski definition) is 0. The lowest BCUT2D eigenvalue weighted by molar-refractivity contribution is 0.0432. The van der Waals surface area contributed by atoms with Crippen LogP contribution in [0, 0.1) is 0 Å². The van der Waals surface area contributed by atoms with Gasteiger partial charge < -0.3 is 23.4 Å². The van der Waals surface area contributed by atoms with Crippen molar-refractivity contribution in [2.24, 2.45) is 0 Å². The lowest BCUT2D eigenvalue weighted by Gasteiger charge is -2.06. The molecule has 138 valence electrons. The maximum absolute atomic E-state index is 12.2. The fourth-order valence-corrected chi connectivity index (χ4v) is 2.85. The zero-order valence-electron chi connectivity index (χ0n) is 14.1. The Labute approximate surface area is 160 Å². The number of halogens is 1. The average molecular weight is 387 g/mol. The molecule has 0 atom stereocenters. The normalized spacial score (nSPS) is 12.0. The van der Waals surface area contributed by atoms with Crippen LogP contribution in [0.3, 0.4) is 0 Å². The van der Waals surface area contributed by atoms with E-state index in [2.05, 4.69) is 0 Å². The molecule has 0 saturated carbocycles. The first-order valence-corrected chi connectivity index (χ1v) is 8.58. The van der Waals surface area contributed by atoms with Crippen LogP contribution >= 0.6 is 11.6 Å². The lowest BCUT2D eigenvalue weighted by atomic mass is 10.2. The van der Waals surface area contributed by atoms with Crippen molar-refractivity contribution in [3.05, 3.63) is 76.7 Å². The van der Waals surface area contributed by atoms with Crippen LogP contribution in [0.25, 0.3) is 0 Å². The van der Waals surface area contributed by atoms with E-state index in [1.807, 2.05) is 30.3 Å². The first-order chi connectivity index (χ1) is 13.2. The largest absolute Gasteiger partial charge is 0.486 e. The first kappa shape index (κ1) is 17.3. The highest BCUT2D eigenvalue weighted by Crippen LogP contribution is 2.39. The standard InChI is InChI=1S/C20H15ClO6/c21-16-8-13(9-18-19(16)26-12-25-18)10-24-20(22)17-7-6-15(27-17)11-23-14-4-2-1-3-5-14/h1-9H,10-12H2. The molecule has 4 rings (SSSR count). The summed E-state index contributed by atoms with van der Waals surface area (Å²) in [6.07, 6.45) is 0. The van der Waals surface area contributed by atoms with E-state index in [1.165, 1.54) is 0 Å². The minimum Gasteiger partial charge on any atom is -0.486 e. The second kappa shape index (κ2) is 7.63. The molecule has 7 heteroatoms. The Morgan fingerprint density at radius 2 is 1.89 bits per heavy atom. The van der Waals surface area contributed by atoms with Crippen molar-refractivity contribution in [3.8, 4) is 17.2 Å². The summed E-state index contributed by atoms with van der Waals surface area (Å²) in [7, 11) is 0. The van der Waals surface area contributed by atoms with Gasteiger partial charge in [0.15, 0.2) is 11.5 Å². The van der Waals surface area contributed by atoms with Gasteiger partial charge in [0, 0.05) is 0 Å². The number of esters is 1. The molecule has 3 aromatic rings. The van der Waals surface area contributed by atoms with E-state index in [1.54, 1.807) is 24.3 Å². The molecule has 0 fully saturated rings. The van der Waals surface area contributed by atoms with E-state index in [9.17, 15) is 4.79 Å². The van der Waals surface area contributed by atoms with Gasteiger partial charge >= 0.3 is 5.97 Å². The van der Waals surface area contributed by atoms with Crippen LogP contribution in [0.1, 0.15) is 21.9 Å². The molecule has 0 N–H and O–H groups in total. The number of carbonyl (C=O) groups excluding carboxylic acids is 1. The van der Waals surface area contributed by atoms with Crippen molar-refractivity contribution >= 4 is 17.6 Å². The molecule has 0 unspecified atom stereocenters. The van der Waals surface area contributed by atoms with Gasteiger partial charge in [-0.05, 0) is 42.0 Å². The van der Waals surface area contributed by atoms with E-state index in [-0.39, 0.29) is 25.8 Å². The molecule has 0 amide bonds. The van der Waals surface area contributed by atoms with Crippen LogP contribution in [0.2, 0.25) is 5.02 Å². The highest BCUT2D eigenvalue weighted by atomic mass is 35.5. The summed E-state index contributed by atoms with van der Waals surface area (Å²) in [6.45, 7) is 0.374. The second-order valence-electron chi connectivity index (χ2n) is 5.76. The Balaban J connectivity index is 1.34. The summed E-state index contributed by atoms with van der Waals surface area (Å²) in [5.41, 5.74) is 0.691. The maximum Gasteiger partial charge on any atom is 0.374 e. The Morgan fingerprint density at radius 1 is 1.04 bits per heavy atom. The Hall–Kier alpha value is -3.12. The Morgan fingerprint density at radius 3 is 2.74 bits per heavy atom. The van der Waals surface area contributed by atoms with Gasteiger partial charge in [-0.15, -0.1) is 0 Å². The molecule has 1 aromatic heterocycles. The third-order valence-electron chi connectivity index (χ3n) is 3.84. The van der Waals surface area contributed by atoms with E-state index in [0.717, 1.165) is 5.75 Å². The van der Waals surface area contributed by atoms with Crippen LogP contribution in [-0.4, -0.2) is 12.8 Å². The van der Waals surface area contributed by atoms with Crippen molar-refractivity contribution in [2.75, 3.05) is 6.79 Å². The number of furan rings is 1. The molecule has 0 radical (unpaired) electrons. The van der Waals surface area contributed by atoms with Crippen LogP contribution in [0.4, 0.5) is 0 Å². The van der Waals surface area contributed by atoms with Gasteiger partial charge in [-0.1, -0.05) is 29.8 Å². The lowest BCUT2D eigenvalue weighted by Crippen LogP contribution is -2.04. The molecular weight excluding hydrogens is 372 g/mol. The van der Waals surface area contributed by atoms with Crippen LogP contribution in [-0.2, 0) is 18.0 Å². The molecule has 1 aliphatic rings. The number of benzene rings is 2. The highest BCUT2D eigenvalue weighted by molar-refractivity contribution is 6.32. The molecule has 0 aliphatic carbocycles.